The first kappa shape index (κ1) is 17.3. The summed E-state index contributed by atoms with van der Waals surface area (Å²) in [7, 11) is 0. The number of fused-ring (bicyclic) bond motifs is 1. The van der Waals surface area contributed by atoms with Crippen molar-refractivity contribution in [3.05, 3.63) is 72.2 Å². The molecule has 1 aliphatic heterocycles. The van der Waals surface area contributed by atoms with E-state index in [4.69, 9.17) is 0 Å². The Balaban J connectivity index is 1.44. The van der Waals surface area contributed by atoms with Crippen LogP contribution < -0.4 is 5.32 Å². The quantitative estimate of drug-likeness (QED) is 0.753. The molecule has 0 radical (unpaired) electrons. The lowest BCUT2D eigenvalue weighted by atomic mass is 10.0. The van der Waals surface area contributed by atoms with Crippen molar-refractivity contribution in [2.24, 2.45) is 0 Å². The molecule has 4 rings (SSSR count). The number of carbonyl (C=O) groups excluding carboxylic acids is 2. The molecule has 1 fully saturated rings. The second-order valence-corrected chi connectivity index (χ2v) is 6.78. The van der Waals surface area contributed by atoms with E-state index in [-0.39, 0.29) is 11.8 Å². The molecule has 1 aliphatic rings. The van der Waals surface area contributed by atoms with Gasteiger partial charge in [-0.2, -0.15) is 0 Å². The zero-order valence-corrected chi connectivity index (χ0v) is 15.0. The number of nitrogens with one attached hydrogen (secondary N) is 1. The highest BCUT2D eigenvalue weighted by Crippen LogP contribution is 2.15. The van der Waals surface area contributed by atoms with Crippen LogP contribution in [0.5, 0.6) is 0 Å². The summed E-state index contributed by atoms with van der Waals surface area (Å²) in [6.45, 7) is 1.05. The third-order valence-corrected chi connectivity index (χ3v) is 4.93. The van der Waals surface area contributed by atoms with Crippen molar-refractivity contribution in [1.29, 1.82) is 0 Å². The van der Waals surface area contributed by atoms with Gasteiger partial charge in [0.1, 0.15) is 11.7 Å². The van der Waals surface area contributed by atoms with E-state index in [2.05, 4.69) is 10.3 Å². The Bertz CT molecular complexity index is 918. The van der Waals surface area contributed by atoms with Crippen LogP contribution in [0.15, 0.2) is 60.9 Å². The first-order chi connectivity index (χ1) is 13.2. The maximum absolute atomic E-state index is 12.8. The van der Waals surface area contributed by atoms with Crippen molar-refractivity contribution in [2.45, 2.75) is 25.3 Å². The van der Waals surface area contributed by atoms with Crippen LogP contribution in [0.1, 0.15) is 17.7 Å². The van der Waals surface area contributed by atoms with Crippen LogP contribution in [-0.4, -0.2) is 45.2 Å². The molecule has 1 unspecified atom stereocenters. The van der Waals surface area contributed by atoms with Gasteiger partial charge < -0.3 is 14.6 Å². The van der Waals surface area contributed by atoms with Crippen molar-refractivity contribution in [2.75, 3.05) is 13.1 Å². The Morgan fingerprint density at radius 1 is 1.15 bits per heavy atom. The summed E-state index contributed by atoms with van der Waals surface area (Å²) in [4.78, 5) is 31.5. The number of piperazine rings is 1. The highest BCUT2D eigenvalue weighted by Gasteiger charge is 2.32. The smallest absolute Gasteiger partial charge is 0.243 e. The number of benzene rings is 1. The van der Waals surface area contributed by atoms with Gasteiger partial charge in [0.15, 0.2) is 0 Å². The van der Waals surface area contributed by atoms with Crippen molar-refractivity contribution in [3.8, 4) is 0 Å². The first-order valence-electron chi connectivity index (χ1n) is 9.24. The Morgan fingerprint density at radius 2 is 1.96 bits per heavy atom. The van der Waals surface area contributed by atoms with Gasteiger partial charge in [0.05, 0.1) is 5.69 Å². The number of aromatic nitrogens is 2. The standard InChI is InChI=1S/C21H22N4O2/c26-20(10-9-17-15-24-12-5-4-8-19(24)23-17)25-13-11-22-21(27)18(25)14-16-6-2-1-3-7-16/h1-8,12,15,18H,9-11,13-14H2,(H,22,27). The molecule has 6 nitrogen and oxygen atoms in total. The molecule has 0 bridgehead atoms. The summed E-state index contributed by atoms with van der Waals surface area (Å²) in [5, 5.41) is 2.88. The summed E-state index contributed by atoms with van der Waals surface area (Å²) in [5.41, 5.74) is 2.81. The summed E-state index contributed by atoms with van der Waals surface area (Å²) < 4.78 is 1.95. The molecule has 6 heteroatoms. The van der Waals surface area contributed by atoms with Crippen molar-refractivity contribution >= 4 is 17.5 Å². The highest BCUT2D eigenvalue weighted by molar-refractivity contribution is 5.89. The molecule has 1 N–H and O–H groups in total. The van der Waals surface area contributed by atoms with Gasteiger partial charge in [-0.1, -0.05) is 36.4 Å². The molecule has 138 valence electrons. The number of hydrogen-bond donors (Lipinski definition) is 1. The van der Waals surface area contributed by atoms with E-state index in [1.165, 1.54) is 0 Å². The number of aryl methyl sites for hydroxylation is 1. The van der Waals surface area contributed by atoms with E-state index < -0.39 is 6.04 Å². The Hall–Kier alpha value is -3.15. The van der Waals surface area contributed by atoms with E-state index in [1.54, 1.807) is 4.90 Å². The maximum Gasteiger partial charge on any atom is 0.243 e. The fourth-order valence-electron chi connectivity index (χ4n) is 3.54. The first-order valence-corrected chi connectivity index (χ1v) is 9.24. The van der Waals surface area contributed by atoms with Crippen molar-refractivity contribution in [3.63, 3.8) is 0 Å². The minimum Gasteiger partial charge on any atom is -0.353 e. The zero-order valence-electron chi connectivity index (χ0n) is 15.0. The molecular formula is C21H22N4O2. The van der Waals surface area contributed by atoms with Crippen LogP contribution in [0.3, 0.4) is 0 Å². The molecule has 3 heterocycles. The third-order valence-electron chi connectivity index (χ3n) is 4.93. The molecule has 1 atom stereocenters. The van der Waals surface area contributed by atoms with Gasteiger partial charge in [0.2, 0.25) is 11.8 Å². The Morgan fingerprint density at radius 3 is 2.78 bits per heavy atom. The van der Waals surface area contributed by atoms with Crippen LogP contribution in [0.2, 0.25) is 0 Å². The minimum absolute atomic E-state index is 0.00263. The Labute approximate surface area is 157 Å². The number of amides is 2. The van der Waals surface area contributed by atoms with E-state index in [0.717, 1.165) is 16.9 Å². The zero-order chi connectivity index (χ0) is 18.6. The summed E-state index contributed by atoms with van der Waals surface area (Å²) in [5.74, 6) is -0.0750. The van der Waals surface area contributed by atoms with Gasteiger partial charge in [-0.05, 0) is 24.1 Å². The fraction of sp³-hybridized carbons (Fsp3) is 0.286. The average molecular weight is 362 g/mol. The lowest BCUT2D eigenvalue weighted by Crippen LogP contribution is -2.58. The SMILES string of the molecule is O=C1NCCN(C(=O)CCc2cn3ccccc3n2)C1Cc1ccccc1. The number of pyridine rings is 1. The molecule has 1 saturated heterocycles. The van der Waals surface area contributed by atoms with Crippen LogP contribution in [0.4, 0.5) is 0 Å². The molecular weight excluding hydrogens is 340 g/mol. The maximum atomic E-state index is 12.8. The van der Waals surface area contributed by atoms with Gasteiger partial charge in [-0.15, -0.1) is 0 Å². The van der Waals surface area contributed by atoms with Crippen LogP contribution in [0, 0.1) is 0 Å². The Kier molecular flexibility index (Phi) is 4.87. The van der Waals surface area contributed by atoms with E-state index in [1.807, 2.05) is 65.3 Å². The number of carbonyl (C=O) groups is 2. The van der Waals surface area contributed by atoms with Gasteiger partial charge in [-0.3, -0.25) is 9.59 Å². The minimum atomic E-state index is -0.449. The van der Waals surface area contributed by atoms with Crippen molar-refractivity contribution < 1.29 is 9.59 Å². The number of imidazole rings is 1. The molecule has 3 aromatic rings. The van der Waals surface area contributed by atoms with Crippen molar-refractivity contribution in [1.82, 2.24) is 19.6 Å². The van der Waals surface area contributed by atoms with Gasteiger partial charge >= 0.3 is 0 Å². The average Bonchev–Trinajstić information content (AvgIpc) is 3.11. The van der Waals surface area contributed by atoms with Gasteiger partial charge in [0, 0.05) is 38.3 Å². The summed E-state index contributed by atoms with van der Waals surface area (Å²) in [6, 6.07) is 15.2. The molecule has 2 amide bonds. The molecule has 0 spiro atoms. The van der Waals surface area contributed by atoms with E-state index in [9.17, 15) is 9.59 Å². The second-order valence-electron chi connectivity index (χ2n) is 6.78. The summed E-state index contributed by atoms with van der Waals surface area (Å²) >= 11 is 0. The molecule has 27 heavy (non-hydrogen) atoms. The van der Waals surface area contributed by atoms with Gasteiger partial charge in [0.25, 0.3) is 0 Å². The molecule has 2 aromatic heterocycles. The fourth-order valence-corrected chi connectivity index (χ4v) is 3.54. The van der Waals surface area contributed by atoms with E-state index in [0.29, 0.717) is 32.4 Å². The predicted molar refractivity (Wildman–Crippen MR) is 102 cm³/mol. The van der Waals surface area contributed by atoms with Crippen LogP contribution >= 0.6 is 0 Å². The van der Waals surface area contributed by atoms with E-state index >= 15 is 0 Å². The van der Waals surface area contributed by atoms with Crippen LogP contribution in [-0.2, 0) is 22.4 Å². The van der Waals surface area contributed by atoms with Gasteiger partial charge in [-0.25, -0.2) is 4.98 Å². The normalized spacial score (nSPS) is 17.1. The lowest BCUT2D eigenvalue weighted by Gasteiger charge is -2.35. The highest BCUT2D eigenvalue weighted by atomic mass is 16.2. The van der Waals surface area contributed by atoms with Crippen LogP contribution in [0.25, 0.3) is 5.65 Å². The number of hydrogen-bond acceptors (Lipinski definition) is 3. The molecule has 0 aliphatic carbocycles. The topological polar surface area (TPSA) is 66.7 Å². The lowest BCUT2D eigenvalue weighted by molar-refractivity contribution is -0.143. The largest absolute Gasteiger partial charge is 0.353 e. The molecule has 0 saturated carbocycles. The summed E-state index contributed by atoms with van der Waals surface area (Å²) in [6.07, 6.45) is 5.34. The number of rotatable bonds is 5. The molecule has 1 aromatic carbocycles. The predicted octanol–water partition coefficient (Wildman–Crippen LogP) is 1.84. The second kappa shape index (κ2) is 7.61. The monoisotopic (exact) mass is 362 g/mol. The third kappa shape index (κ3) is 3.84. The number of nitrogens with zero attached hydrogens (tertiary/aromatic N) is 3.